The molecule has 1 unspecified atom stereocenters. The van der Waals surface area contributed by atoms with Gasteiger partial charge in [0.2, 0.25) is 5.91 Å². The van der Waals surface area contributed by atoms with Crippen LogP contribution < -0.4 is 11.1 Å². The lowest BCUT2D eigenvalue weighted by Gasteiger charge is -2.13. The van der Waals surface area contributed by atoms with E-state index >= 15 is 0 Å². The summed E-state index contributed by atoms with van der Waals surface area (Å²) in [4.78, 5) is 11.4. The van der Waals surface area contributed by atoms with Gasteiger partial charge in [-0.25, -0.2) is 0 Å². The Morgan fingerprint density at radius 3 is 2.80 bits per heavy atom. The molecule has 0 aromatic carbocycles. The topological polar surface area (TPSA) is 64.3 Å². The maximum absolute atomic E-state index is 11.4. The lowest BCUT2D eigenvalue weighted by molar-refractivity contribution is -0.123. The van der Waals surface area contributed by atoms with Crippen molar-refractivity contribution in [1.29, 1.82) is 0 Å². The van der Waals surface area contributed by atoms with Crippen molar-refractivity contribution in [3.05, 3.63) is 0 Å². The molecule has 0 radical (unpaired) electrons. The quantitative estimate of drug-likeness (QED) is 0.682. The first-order valence-electron chi connectivity index (χ1n) is 5.76. The van der Waals surface area contributed by atoms with Crippen LogP contribution in [0.25, 0.3) is 0 Å². The minimum absolute atomic E-state index is 0.102. The van der Waals surface area contributed by atoms with Crippen LogP contribution in [-0.4, -0.2) is 32.2 Å². The molecule has 1 amide bonds. The summed E-state index contributed by atoms with van der Waals surface area (Å²) in [6, 6.07) is -0.529. The largest absolute Gasteiger partial charge is 0.383 e. The van der Waals surface area contributed by atoms with Gasteiger partial charge in [-0.15, -0.1) is 0 Å². The van der Waals surface area contributed by atoms with Gasteiger partial charge in [0.05, 0.1) is 6.61 Å². The van der Waals surface area contributed by atoms with Gasteiger partial charge in [-0.05, 0) is 12.3 Å². The maximum atomic E-state index is 11.4. The van der Waals surface area contributed by atoms with Crippen LogP contribution in [-0.2, 0) is 9.53 Å². The number of amides is 1. The second-order valence-corrected chi connectivity index (χ2v) is 4.29. The molecule has 1 saturated carbocycles. The Kier molecular flexibility index (Phi) is 5.65. The van der Waals surface area contributed by atoms with E-state index in [9.17, 15) is 4.79 Å². The van der Waals surface area contributed by atoms with Crippen molar-refractivity contribution in [3.63, 3.8) is 0 Å². The molecule has 0 saturated heterocycles. The lowest BCUT2D eigenvalue weighted by Crippen LogP contribution is -2.43. The van der Waals surface area contributed by atoms with Crippen LogP contribution in [0.5, 0.6) is 0 Å². The van der Waals surface area contributed by atoms with Gasteiger partial charge in [0, 0.05) is 13.7 Å². The smallest absolute Gasteiger partial charge is 0.239 e. The van der Waals surface area contributed by atoms with Gasteiger partial charge in [-0.3, -0.25) is 4.79 Å². The highest BCUT2D eigenvalue weighted by atomic mass is 16.5. The van der Waals surface area contributed by atoms with Gasteiger partial charge in [0.15, 0.2) is 0 Å². The normalized spacial score (nSPS) is 19.1. The van der Waals surface area contributed by atoms with Crippen molar-refractivity contribution in [2.24, 2.45) is 11.7 Å². The Bertz CT molecular complexity index is 191. The molecule has 88 valence electrons. The lowest BCUT2D eigenvalue weighted by atomic mass is 10.0. The molecule has 0 heterocycles. The van der Waals surface area contributed by atoms with E-state index in [1.165, 1.54) is 25.7 Å². The van der Waals surface area contributed by atoms with E-state index in [4.69, 9.17) is 10.5 Å². The molecular formula is C11H22N2O2. The number of nitrogens with one attached hydrogen (secondary N) is 1. The number of nitrogens with two attached hydrogens (primary N) is 1. The average molecular weight is 214 g/mol. The van der Waals surface area contributed by atoms with Crippen molar-refractivity contribution >= 4 is 5.91 Å². The number of rotatable bonds is 6. The molecule has 1 atom stereocenters. The first-order chi connectivity index (χ1) is 7.24. The third kappa shape index (κ3) is 4.62. The zero-order valence-electron chi connectivity index (χ0n) is 9.50. The molecule has 0 aromatic heterocycles. The van der Waals surface area contributed by atoms with Crippen LogP contribution in [0.4, 0.5) is 0 Å². The van der Waals surface area contributed by atoms with Crippen molar-refractivity contribution in [1.82, 2.24) is 5.32 Å². The van der Waals surface area contributed by atoms with Crippen molar-refractivity contribution in [3.8, 4) is 0 Å². The average Bonchev–Trinajstić information content (AvgIpc) is 2.71. The first kappa shape index (κ1) is 12.5. The van der Waals surface area contributed by atoms with Crippen molar-refractivity contribution in [2.45, 2.75) is 38.1 Å². The van der Waals surface area contributed by atoms with Crippen LogP contribution in [0.3, 0.4) is 0 Å². The zero-order chi connectivity index (χ0) is 11.1. The molecule has 0 aliphatic heterocycles. The highest BCUT2D eigenvalue weighted by Crippen LogP contribution is 2.26. The van der Waals surface area contributed by atoms with Crippen LogP contribution in [0.15, 0.2) is 0 Å². The van der Waals surface area contributed by atoms with Gasteiger partial charge in [-0.1, -0.05) is 25.7 Å². The van der Waals surface area contributed by atoms with Crippen molar-refractivity contribution in [2.75, 3.05) is 20.3 Å². The van der Waals surface area contributed by atoms with E-state index in [-0.39, 0.29) is 12.5 Å². The summed E-state index contributed by atoms with van der Waals surface area (Å²) in [5.74, 6) is 0.707. The molecule has 4 heteroatoms. The Hall–Kier alpha value is -0.610. The molecule has 1 fully saturated rings. The fourth-order valence-corrected chi connectivity index (χ4v) is 2.08. The third-order valence-corrected chi connectivity index (χ3v) is 3.01. The second-order valence-electron chi connectivity index (χ2n) is 4.29. The van der Waals surface area contributed by atoms with Crippen LogP contribution in [0.1, 0.15) is 32.1 Å². The van der Waals surface area contributed by atoms with E-state index in [2.05, 4.69) is 5.32 Å². The molecule has 0 bridgehead atoms. The van der Waals surface area contributed by atoms with Crippen LogP contribution in [0.2, 0.25) is 0 Å². The molecule has 1 aliphatic rings. The van der Waals surface area contributed by atoms with E-state index in [0.29, 0.717) is 0 Å². The van der Waals surface area contributed by atoms with Crippen LogP contribution >= 0.6 is 0 Å². The monoisotopic (exact) mass is 214 g/mol. The predicted molar refractivity (Wildman–Crippen MR) is 59.4 cm³/mol. The van der Waals surface area contributed by atoms with E-state index < -0.39 is 6.04 Å². The Labute approximate surface area is 91.5 Å². The maximum Gasteiger partial charge on any atom is 0.239 e. The summed E-state index contributed by atoms with van der Waals surface area (Å²) in [6.07, 6.45) is 6.43. The van der Waals surface area contributed by atoms with Gasteiger partial charge in [-0.2, -0.15) is 0 Å². The SMILES string of the molecule is COCC(N)C(=O)NCCC1CCCC1. The minimum Gasteiger partial charge on any atom is -0.383 e. The van der Waals surface area contributed by atoms with Gasteiger partial charge in [0.1, 0.15) is 6.04 Å². The number of carbonyl (C=O) groups is 1. The standard InChI is InChI=1S/C11H22N2O2/c1-15-8-10(12)11(14)13-7-6-9-4-2-3-5-9/h9-10H,2-8,12H2,1H3,(H,13,14). The molecule has 3 N–H and O–H groups in total. The summed E-state index contributed by atoms with van der Waals surface area (Å²) < 4.78 is 4.82. The Morgan fingerprint density at radius 2 is 2.20 bits per heavy atom. The van der Waals surface area contributed by atoms with Crippen LogP contribution in [0, 0.1) is 5.92 Å². The van der Waals surface area contributed by atoms with Gasteiger partial charge >= 0.3 is 0 Å². The molecule has 1 aliphatic carbocycles. The number of ether oxygens (including phenoxy) is 1. The number of hydrogen-bond acceptors (Lipinski definition) is 3. The fourth-order valence-electron chi connectivity index (χ4n) is 2.08. The molecule has 0 aromatic rings. The number of methoxy groups -OCH3 is 1. The highest BCUT2D eigenvalue weighted by molar-refractivity contribution is 5.81. The number of carbonyl (C=O) groups excluding carboxylic acids is 1. The summed E-state index contributed by atoms with van der Waals surface area (Å²) in [6.45, 7) is 1.04. The Morgan fingerprint density at radius 1 is 1.53 bits per heavy atom. The summed E-state index contributed by atoms with van der Waals surface area (Å²) in [5.41, 5.74) is 5.58. The third-order valence-electron chi connectivity index (χ3n) is 3.01. The molecular weight excluding hydrogens is 192 g/mol. The van der Waals surface area contributed by atoms with E-state index in [0.717, 1.165) is 18.9 Å². The zero-order valence-corrected chi connectivity index (χ0v) is 9.50. The highest BCUT2D eigenvalue weighted by Gasteiger charge is 2.16. The molecule has 0 spiro atoms. The minimum atomic E-state index is -0.529. The second kappa shape index (κ2) is 6.80. The predicted octanol–water partition coefficient (Wildman–Crippen LogP) is 0.657. The first-order valence-corrected chi connectivity index (χ1v) is 5.76. The molecule has 1 rings (SSSR count). The van der Waals surface area contributed by atoms with Crippen molar-refractivity contribution < 1.29 is 9.53 Å². The molecule has 15 heavy (non-hydrogen) atoms. The van der Waals surface area contributed by atoms with Gasteiger partial charge in [0.25, 0.3) is 0 Å². The molecule has 4 nitrogen and oxygen atoms in total. The summed E-state index contributed by atoms with van der Waals surface area (Å²) in [7, 11) is 1.55. The van der Waals surface area contributed by atoms with E-state index in [1.807, 2.05) is 0 Å². The van der Waals surface area contributed by atoms with E-state index in [1.54, 1.807) is 7.11 Å². The fraction of sp³-hybridized carbons (Fsp3) is 0.909. The van der Waals surface area contributed by atoms with Gasteiger partial charge < -0.3 is 15.8 Å². The Balaban J connectivity index is 2.05. The summed E-state index contributed by atoms with van der Waals surface area (Å²) >= 11 is 0. The number of hydrogen-bond donors (Lipinski definition) is 2. The summed E-state index contributed by atoms with van der Waals surface area (Å²) in [5, 5.41) is 2.85.